The van der Waals surface area contributed by atoms with Crippen molar-refractivity contribution in [1.82, 2.24) is 0 Å². The summed E-state index contributed by atoms with van der Waals surface area (Å²) in [4.78, 5) is 11.3. The lowest BCUT2D eigenvalue weighted by atomic mass is 10.1. The van der Waals surface area contributed by atoms with Crippen LogP contribution < -0.4 is 20.2 Å². The van der Waals surface area contributed by atoms with E-state index in [1.807, 2.05) is 6.92 Å². The topological polar surface area (TPSA) is 89.5 Å². The summed E-state index contributed by atoms with van der Waals surface area (Å²) in [6.45, 7) is 1.83. The molecule has 2 N–H and O–H groups in total. The molecule has 1 aromatic carbocycles. The van der Waals surface area contributed by atoms with Gasteiger partial charge in [-0.05, 0) is 19.1 Å². The summed E-state index contributed by atoms with van der Waals surface area (Å²) in [7, 11) is 3.14. The number of amides is 1. The SMILES string of the molecule is COc1ccc(OC)c(N2N=NC(C(N)=O)C2C)c1. The lowest BCUT2D eigenvalue weighted by Gasteiger charge is -2.22. The van der Waals surface area contributed by atoms with Gasteiger partial charge in [0.2, 0.25) is 5.91 Å². The highest BCUT2D eigenvalue weighted by atomic mass is 16.5. The summed E-state index contributed by atoms with van der Waals surface area (Å²) in [5, 5.41) is 9.49. The minimum Gasteiger partial charge on any atom is -0.497 e. The number of carbonyl (C=O) groups excluding carboxylic acids is 1. The average Bonchev–Trinajstić information content (AvgIpc) is 2.79. The van der Waals surface area contributed by atoms with E-state index in [0.29, 0.717) is 17.2 Å². The number of hydrogen-bond donors (Lipinski definition) is 1. The molecule has 0 bridgehead atoms. The Bertz CT molecular complexity index is 518. The first-order valence-corrected chi connectivity index (χ1v) is 5.79. The molecule has 2 atom stereocenters. The van der Waals surface area contributed by atoms with Crippen LogP contribution in [0.3, 0.4) is 0 Å². The van der Waals surface area contributed by atoms with E-state index < -0.39 is 11.9 Å². The summed E-state index contributed by atoms with van der Waals surface area (Å²) < 4.78 is 10.5. The second kappa shape index (κ2) is 5.13. The second-order valence-corrected chi connectivity index (χ2v) is 4.18. The second-order valence-electron chi connectivity index (χ2n) is 4.18. The first-order valence-electron chi connectivity index (χ1n) is 5.79. The minimum atomic E-state index is -0.657. The van der Waals surface area contributed by atoms with Crippen molar-refractivity contribution in [2.24, 2.45) is 16.1 Å². The molecule has 1 amide bonds. The Balaban J connectivity index is 2.37. The van der Waals surface area contributed by atoms with Gasteiger partial charge in [-0.25, -0.2) is 5.01 Å². The van der Waals surface area contributed by atoms with Crippen LogP contribution in [-0.2, 0) is 4.79 Å². The van der Waals surface area contributed by atoms with Gasteiger partial charge in [-0.3, -0.25) is 4.79 Å². The van der Waals surface area contributed by atoms with E-state index in [1.54, 1.807) is 37.4 Å². The summed E-state index contributed by atoms with van der Waals surface area (Å²) >= 11 is 0. The largest absolute Gasteiger partial charge is 0.497 e. The van der Waals surface area contributed by atoms with Crippen LogP contribution in [0.2, 0.25) is 0 Å². The molecule has 1 aromatic rings. The van der Waals surface area contributed by atoms with Crippen LogP contribution in [0.4, 0.5) is 5.69 Å². The van der Waals surface area contributed by atoms with E-state index in [2.05, 4.69) is 10.3 Å². The van der Waals surface area contributed by atoms with Crippen LogP contribution in [0.1, 0.15) is 6.92 Å². The number of methoxy groups -OCH3 is 2. The number of nitrogens with two attached hydrogens (primary N) is 1. The first kappa shape index (κ1) is 13.1. The summed E-state index contributed by atoms with van der Waals surface area (Å²) in [5.74, 6) is 0.790. The molecule has 19 heavy (non-hydrogen) atoms. The first-order chi connectivity index (χ1) is 9.08. The molecule has 2 rings (SSSR count). The maximum absolute atomic E-state index is 11.3. The third-order valence-electron chi connectivity index (χ3n) is 3.04. The number of nitrogens with zero attached hydrogens (tertiary/aromatic N) is 3. The Morgan fingerprint density at radius 1 is 1.37 bits per heavy atom. The van der Waals surface area contributed by atoms with E-state index >= 15 is 0 Å². The van der Waals surface area contributed by atoms with Crippen molar-refractivity contribution in [2.45, 2.75) is 19.0 Å². The van der Waals surface area contributed by atoms with Crippen LogP contribution in [0.5, 0.6) is 11.5 Å². The molecular weight excluding hydrogens is 248 g/mol. The molecular formula is C12H16N4O3. The zero-order chi connectivity index (χ0) is 14.0. The zero-order valence-electron chi connectivity index (χ0n) is 11.0. The van der Waals surface area contributed by atoms with E-state index in [9.17, 15) is 4.79 Å². The lowest BCUT2D eigenvalue weighted by molar-refractivity contribution is -0.119. The van der Waals surface area contributed by atoms with Crippen molar-refractivity contribution < 1.29 is 14.3 Å². The Morgan fingerprint density at radius 3 is 2.63 bits per heavy atom. The van der Waals surface area contributed by atoms with Gasteiger partial charge in [-0.1, -0.05) is 5.22 Å². The molecule has 1 aliphatic heterocycles. The molecule has 0 saturated heterocycles. The van der Waals surface area contributed by atoms with E-state index in [4.69, 9.17) is 15.2 Å². The van der Waals surface area contributed by atoms with Gasteiger partial charge in [0.1, 0.15) is 17.2 Å². The molecule has 0 fully saturated rings. The fourth-order valence-electron chi connectivity index (χ4n) is 1.96. The summed E-state index contributed by atoms with van der Waals surface area (Å²) in [6, 6.07) is 4.41. The van der Waals surface area contributed by atoms with E-state index in [1.165, 1.54) is 0 Å². The highest BCUT2D eigenvalue weighted by Crippen LogP contribution is 2.36. The number of benzene rings is 1. The number of ether oxygens (including phenoxy) is 2. The highest BCUT2D eigenvalue weighted by molar-refractivity contribution is 5.82. The molecule has 0 aliphatic carbocycles. The van der Waals surface area contributed by atoms with Gasteiger partial charge in [0.05, 0.1) is 20.3 Å². The molecule has 0 saturated carbocycles. The molecule has 0 spiro atoms. The lowest BCUT2D eigenvalue weighted by Crippen LogP contribution is -2.40. The normalized spacial score (nSPS) is 21.5. The Labute approximate surface area is 111 Å². The number of rotatable bonds is 4. The van der Waals surface area contributed by atoms with Gasteiger partial charge >= 0.3 is 0 Å². The third kappa shape index (κ3) is 2.31. The van der Waals surface area contributed by atoms with Gasteiger partial charge in [-0.2, -0.15) is 5.11 Å². The van der Waals surface area contributed by atoms with Gasteiger partial charge in [0.15, 0.2) is 6.04 Å². The Hall–Kier alpha value is -2.31. The highest BCUT2D eigenvalue weighted by Gasteiger charge is 2.35. The minimum absolute atomic E-state index is 0.265. The van der Waals surface area contributed by atoms with Gasteiger partial charge in [-0.15, -0.1) is 0 Å². The van der Waals surface area contributed by atoms with Crippen LogP contribution in [0.25, 0.3) is 0 Å². The molecule has 0 radical (unpaired) electrons. The van der Waals surface area contributed by atoms with Crippen LogP contribution in [-0.4, -0.2) is 32.2 Å². The summed E-state index contributed by atoms with van der Waals surface area (Å²) in [6.07, 6.45) is 0. The van der Waals surface area contributed by atoms with Crippen molar-refractivity contribution >= 4 is 11.6 Å². The molecule has 7 nitrogen and oxygen atoms in total. The Kier molecular flexibility index (Phi) is 3.55. The Morgan fingerprint density at radius 2 is 2.11 bits per heavy atom. The molecule has 1 heterocycles. The monoisotopic (exact) mass is 264 g/mol. The van der Waals surface area contributed by atoms with Crippen molar-refractivity contribution in [3.05, 3.63) is 18.2 Å². The molecule has 2 unspecified atom stereocenters. The molecule has 7 heteroatoms. The maximum Gasteiger partial charge on any atom is 0.246 e. The average molecular weight is 264 g/mol. The number of hydrogen-bond acceptors (Lipinski definition) is 6. The van der Waals surface area contributed by atoms with Crippen LogP contribution in [0, 0.1) is 0 Å². The number of carbonyl (C=O) groups is 1. The van der Waals surface area contributed by atoms with Gasteiger partial charge in [0, 0.05) is 6.07 Å². The number of primary amides is 1. The van der Waals surface area contributed by atoms with Crippen LogP contribution in [0.15, 0.2) is 28.5 Å². The molecule has 0 aromatic heterocycles. The standard InChI is InChI=1S/C12H16N4O3/c1-7-11(12(13)17)14-15-16(7)9-6-8(18-2)4-5-10(9)19-3/h4-7,11H,1-3H3,(H2,13,17). The van der Waals surface area contributed by atoms with Crippen LogP contribution >= 0.6 is 0 Å². The predicted octanol–water partition coefficient (Wildman–Crippen LogP) is 1.13. The smallest absolute Gasteiger partial charge is 0.246 e. The van der Waals surface area contributed by atoms with Gasteiger partial charge < -0.3 is 15.2 Å². The van der Waals surface area contributed by atoms with Crippen molar-refractivity contribution in [2.75, 3.05) is 19.2 Å². The fourth-order valence-corrected chi connectivity index (χ4v) is 1.96. The van der Waals surface area contributed by atoms with E-state index in [-0.39, 0.29) is 6.04 Å². The molecule has 102 valence electrons. The van der Waals surface area contributed by atoms with Crippen molar-refractivity contribution in [1.29, 1.82) is 0 Å². The van der Waals surface area contributed by atoms with Crippen molar-refractivity contribution in [3.63, 3.8) is 0 Å². The van der Waals surface area contributed by atoms with Gasteiger partial charge in [0.25, 0.3) is 0 Å². The fraction of sp³-hybridized carbons (Fsp3) is 0.417. The molecule has 1 aliphatic rings. The summed E-state index contributed by atoms with van der Waals surface area (Å²) in [5.41, 5.74) is 5.96. The van der Waals surface area contributed by atoms with E-state index in [0.717, 1.165) is 0 Å². The maximum atomic E-state index is 11.3. The van der Waals surface area contributed by atoms with Crippen molar-refractivity contribution in [3.8, 4) is 11.5 Å². The number of anilines is 1. The quantitative estimate of drug-likeness (QED) is 0.882. The predicted molar refractivity (Wildman–Crippen MR) is 69.3 cm³/mol. The third-order valence-corrected chi connectivity index (χ3v) is 3.04. The zero-order valence-corrected chi connectivity index (χ0v) is 11.0.